The fraction of sp³-hybridized carbons (Fsp3) is 0.571. The van der Waals surface area contributed by atoms with Gasteiger partial charge in [-0.05, 0) is 40.7 Å². The molecule has 1 aromatic heterocycles. The maximum atomic E-state index is 5.87. The highest BCUT2D eigenvalue weighted by molar-refractivity contribution is 5.95. The molecule has 2 aromatic rings. The van der Waals surface area contributed by atoms with Gasteiger partial charge in [-0.15, -0.1) is 0 Å². The molecule has 0 saturated heterocycles. The average Bonchev–Trinajstić information content (AvgIpc) is 2.85. The number of nitrogens with one attached hydrogen (secondary N) is 1. The maximum absolute atomic E-state index is 5.87. The lowest BCUT2D eigenvalue weighted by molar-refractivity contribution is 0.217. The number of nitrogen functional groups attached to an aromatic ring is 1. The second-order valence-electron chi connectivity index (χ2n) is 6.10. The summed E-state index contributed by atoms with van der Waals surface area (Å²) in [5.74, 6) is 0. The first-order valence-corrected chi connectivity index (χ1v) is 6.85. The molecule has 1 heterocycles. The Bertz CT molecular complexity index is 590. The van der Waals surface area contributed by atoms with Crippen molar-refractivity contribution in [3.63, 3.8) is 0 Å². The number of anilines is 2. The first-order chi connectivity index (χ1) is 9.08. The van der Waals surface area contributed by atoms with Crippen LogP contribution in [0.25, 0.3) is 11.0 Å². The average molecular weight is 260 g/mol. The third-order valence-corrected chi connectivity index (χ3v) is 4.28. The van der Waals surface area contributed by atoms with Crippen LogP contribution in [0.3, 0.4) is 0 Å². The largest absolute Gasteiger partial charge is 0.397 e. The van der Waals surface area contributed by atoms with Crippen molar-refractivity contribution in [1.29, 1.82) is 0 Å². The van der Waals surface area contributed by atoms with Crippen molar-refractivity contribution in [3.8, 4) is 0 Å². The summed E-state index contributed by atoms with van der Waals surface area (Å²) in [6.07, 6.45) is 5.02. The van der Waals surface area contributed by atoms with Gasteiger partial charge in [-0.25, -0.2) is 4.63 Å². The first-order valence-electron chi connectivity index (χ1n) is 6.85. The molecule has 1 atom stereocenters. The fourth-order valence-corrected chi connectivity index (χ4v) is 2.95. The summed E-state index contributed by atoms with van der Waals surface area (Å²) in [6, 6.07) is 4.27. The number of aromatic nitrogens is 2. The van der Waals surface area contributed by atoms with Gasteiger partial charge in [-0.1, -0.05) is 26.7 Å². The van der Waals surface area contributed by atoms with E-state index in [0.717, 1.165) is 11.2 Å². The van der Waals surface area contributed by atoms with Crippen molar-refractivity contribution in [1.82, 2.24) is 10.3 Å². The number of hydrogen-bond donors (Lipinski definition) is 2. The quantitative estimate of drug-likeness (QED) is 0.811. The third-order valence-electron chi connectivity index (χ3n) is 4.28. The van der Waals surface area contributed by atoms with Crippen molar-refractivity contribution in [2.75, 3.05) is 11.1 Å². The molecule has 1 saturated carbocycles. The Morgan fingerprint density at radius 1 is 1.26 bits per heavy atom. The van der Waals surface area contributed by atoms with Gasteiger partial charge < -0.3 is 11.1 Å². The fourth-order valence-electron chi connectivity index (χ4n) is 2.95. The molecule has 0 spiro atoms. The van der Waals surface area contributed by atoms with Gasteiger partial charge >= 0.3 is 0 Å². The molecule has 3 N–H and O–H groups in total. The van der Waals surface area contributed by atoms with E-state index in [1.807, 2.05) is 12.1 Å². The van der Waals surface area contributed by atoms with Gasteiger partial charge in [0.05, 0.1) is 11.4 Å². The minimum atomic E-state index is 0.295. The molecule has 102 valence electrons. The van der Waals surface area contributed by atoms with Crippen LogP contribution < -0.4 is 11.1 Å². The normalized spacial score (nSPS) is 22.5. The third kappa shape index (κ3) is 2.13. The van der Waals surface area contributed by atoms with Gasteiger partial charge in [-0.3, -0.25) is 0 Å². The van der Waals surface area contributed by atoms with E-state index in [2.05, 4.69) is 29.5 Å². The number of rotatable bonds is 2. The molecule has 0 amide bonds. The summed E-state index contributed by atoms with van der Waals surface area (Å²) in [6.45, 7) is 4.64. The predicted octanol–water partition coefficient (Wildman–Crippen LogP) is 3.19. The zero-order valence-electron chi connectivity index (χ0n) is 11.4. The molecule has 5 heteroatoms. The molecule has 1 fully saturated rings. The van der Waals surface area contributed by atoms with Crippen LogP contribution >= 0.6 is 0 Å². The number of fused-ring (bicyclic) bond motifs is 1. The lowest BCUT2D eigenvalue weighted by Gasteiger charge is -2.39. The van der Waals surface area contributed by atoms with E-state index >= 15 is 0 Å². The molecule has 0 radical (unpaired) electrons. The van der Waals surface area contributed by atoms with Crippen LogP contribution in [0.2, 0.25) is 0 Å². The van der Waals surface area contributed by atoms with Crippen LogP contribution in [-0.4, -0.2) is 16.4 Å². The van der Waals surface area contributed by atoms with E-state index in [0.29, 0.717) is 22.7 Å². The summed E-state index contributed by atoms with van der Waals surface area (Å²) >= 11 is 0. The number of hydrogen-bond acceptors (Lipinski definition) is 5. The van der Waals surface area contributed by atoms with E-state index in [-0.39, 0.29) is 0 Å². The molecule has 1 aliphatic rings. The maximum Gasteiger partial charge on any atom is 0.160 e. The van der Waals surface area contributed by atoms with Gasteiger partial charge in [0.25, 0.3) is 0 Å². The van der Waals surface area contributed by atoms with Crippen molar-refractivity contribution < 1.29 is 4.63 Å². The Balaban J connectivity index is 1.93. The molecular formula is C14H20N4O. The number of nitrogens with two attached hydrogens (primary N) is 1. The summed E-state index contributed by atoms with van der Waals surface area (Å²) < 4.78 is 4.81. The van der Waals surface area contributed by atoms with Crippen LogP contribution in [0, 0.1) is 5.41 Å². The van der Waals surface area contributed by atoms with Crippen molar-refractivity contribution in [2.45, 2.75) is 45.6 Å². The summed E-state index contributed by atoms with van der Waals surface area (Å²) in [4.78, 5) is 0. The van der Waals surface area contributed by atoms with Crippen LogP contribution in [-0.2, 0) is 0 Å². The van der Waals surface area contributed by atoms with Crippen LogP contribution in [0.1, 0.15) is 39.5 Å². The summed E-state index contributed by atoms with van der Waals surface area (Å²) in [7, 11) is 0. The van der Waals surface area contributed by atoms with E-state index in [1.165, 1.54) is 25.7 Å². The molecule has 5 nitrogen and oxygen atoms in total. The van der Waals surface area contributed by atoms with Gasteiger partial charge in [0.2, 0.25) is 0 Å². The minimum Gasteiger partial charge on any atom is -0.397 e. The summed E-state index contributed by atoms with van der Waals surface area (Å²) in [5, 5.41) is 11.4. The van der Waals surface area contributed by atoms with Crippen molar-refractivity contribution in [2.24, 2.45) is 5.41 Å². The van der Waals surface area contributed by atoms with Gasteiger partial charge in [-0.2, -0.15) is 0 Å². The highest BCUT2D eigenvalue weighted by atomic mass is 16.6. The minimum absolute atomic E-state index is 0.295. The zero-order chi connectivity index (χ0) is 13.5. The molecule has 1 aromatic carbocycles. The zero-order valence-corrected chi connectivity index (χ0v) is 11.4. The number of benzene rings is 1. The van der Waals surface area contributed by atoms with E-state index in [1.54, 1.807) is 0 Å². The van der Waals surface area contributed by atoms with Crippen molar-refractivity contribution in [3.05, 3.63) is 12.1 Å². The highest BCUT2D eigenvalue weighted by Crippen LogP contribution is 2.38. The van der Waals surface area contributed by atoms with E-state index in [9.17, 15) is 0 Å². The Labute approximate surface area is 112 Å². The molecule has 0 bridgehead atoms. The van der Waals surface area contributed by atoms with E-state index < -0.39 is 0 Å². The van der Waals surface area contributed by atoms with Gasteiger partial charge in [0, 0.05) is 6.04 Å². The van der Waals surface area contributed by atoms with Crippen LogP contribution in [0.5, 0.6) is 0 Å². The van der Waals surface area contributed by atoms with Gasteiger partial charge in [0.15, 0.2) is 11.0 Å². The first kappa shape index (κ1) is 12.3. The lowest BCUT2D eigenvalue weighted by atomic mass is 9.73. The Morgan fingerprint density at radius 2 is 2.05 bits per heavy atom. The van der Waals surface area contributed by atoms with Gasteiger partial charge in [0.1, 0.15) is 0 Å². The standard InChI is InChI=1S/C14H20N4O/c1-14(2)8-4-3-5-11(14)16-10-7-6-9(15)12-13(10)18-19-17-12/h6-7,11,16H,3-5,8,15H2,1-2H3. The molecule has 19 heavy (non-hydrogen) atoms. The molecule has 0 aliphatic heterocycles. The predicted molar refractivity (Wildman–Crippen MR) is 75.9 cm³/mol. The van der Waals surface area contributed by atoms with Crippen LogP contribution in [0.15, 0.2) is 16.8 Å². The van der Waals surface area contributed by atoms with Crippen molar-refractivity contribution >= 4 is 22.4 Å². The summed E-state index contributed by atoms with van der Waals surface area (Å²) in [5.41, 5.74) is 9.09. The second-order valence-corrected chi connectivity index (χ2v) is 6.10. The highest BCUT2D eigenvalue weighted by Gasteiger charge is 2.32. The monoisotopic (exact) mass is 260 g/mol. The topological polar surface area (TPSA) is 77.0 Å². The smallest absolute Gasteiger partial charge is 0.160 e. The molecule has 1 unspecified atom stereocenters. The number of nitrogens with zero attached hydrogens (tertiary/aromatic N) is 2. The van der Waals surface area contributed by atoms with E-state index in [4.69, 9.17) is 10.4 Å². The second kappa shape index (κ2) is 4.40. The SMILES string of the molecule is CC1(C)CCCCC1Nc1ccc(N)c2nonc12. The molecule has 1 aliphatic carbocycles. The molecule has 3 rings (SSSR count). The Kier molecular flexibility index (Phi) is 2.84. The lowest BCUT2D eigenvalue weighted by Crippen LogP contribution is -2.38. The molecular weight excluding hydrogens is 240 g/mol. The Morgan fingerprint density at radius 3 is 2.84 bits per heavy atom. The Hall–Kier alpha value is -1.78. The van der Waals surface area contributed by atoms with Crippen LogP contribution in [0.4, 0.5) is 11.4 Å².